The van der Waals surface area contributed by atoms with Crippen molar-refractivity contribution in [2.75, 3.05) is 19.6 Å². The molecule has 0 unspecified atom stereocenters. The molecule has 15 heavy (non-hydrogen) atoms. The van der Waals surface area contributed by atoms with E-state index >= 15 is 0 Å². The number of aromatic nitrogens is 1. The van der Waals surface area contributed by atoms with Crippen molar-refractivity contribution in [2.45, 2.75) is 19.3 Å². The van der Waals surface area contributed by atoms with Gasteiger partial charge in [0.25, 0.3) is 0 Å². The van der Waals surface area contributed by atoms with Crippen LogP contribution in [-0.4, -0.2) is 35.3 Å². The summed E-state index contributed by atoms with van der Waals surface area (Å²) in [6.07, 6.45) is 6.53. The molecule has 0 bridgehead atoms. The zero-order valence-electron chi connectivity index (χ0n) is 8.85. The summed E-state index contributed by atoms with van der Waals surface area (Å²) in [5.74, 6) is 0.226. The Labute approximate surface area is 90.1 Å². The SMILES string of the molecule is O=C(CCN1CCCC1)c1ccncc1. The third-order valence-electron chi connectivity index (χ3n) is 2.86. The minimum Gasteiger partial charge on any atom is -0.303 e. The maximum atomic E-state index is 11.7. The molecule has 3 heteroatoms. The Morgan fingerprint density at radius 3 is 2.60 bits per heavy atom. The molecule has 80 valence electrons. The largest absolute Gasteiger partial charge is 0.303 e. The highest BCUT2D eigenvalue weighted by Gasteiger charge is 2.13. The molecule has 2 heterocycles. The third kappa shape index (κ3) is 2.86. The molecule has 1 aliphatic rings. The number of Topliss-reactive ketones (excluding diaryl/α,β-unsaturated/α-hetero) is 1. The third-order valence-corrected chi connectivity index (χ3v) is 2.86. The van der Waals surface area contributed by atoms with E-state index in [1.807, 2.05) is 0 Å². The van der Waals surface area contributed by atoms with Gasteiger partial charge in [0.15, 0.2) is 5.78 Å². The molecule has 0 N–H and O–H groups in total. The van der Waals surface area contributed by atoms with Crippen molar-refractivity contribution in [2.24, 2.45) is 0 Å². The van der Waals surface area contributed by atoms with Crippen molar-refractivity contribution in [3.05, 3.63) is 30.1 Å². The van der Waals surface area contributed by atoms with Crippen LogP contribution in [-0.2, 0) is 0 Å². The van der Waals surface area contributed by atoms with Crippen LogP contribution in [0.25, 0.3) is 0 Å². The molecule has 0 amide bonds. The van der Waals surface area contributed by atoms with Gasteiger partial charge in [0.2, 0.25) is 0 Å². The molecule has 2 rings (SSSR count). The van der Waals surface area contributed by atoms with Gasteiger partial charge in [0, 0.05) is 30.9 Å². The van der Waals surface area contributed by atoms with E-state index in [0.717, 1.165) is 25.2 Å². The first kappa shape index (κ1) is 10.3. The van der Waals surface area contributed by atoms with Gasteiger partial charge < -0.3 is 4.90 Å². The Morgan fingerprint density at radius 1 is 1.27 bits per heavy atom. The minimum absolute atomic E-state index is 0.226. The number of nitrogens with zero attached hydrogens (tertiary/aromatic N) is 2. The Kier molecular flexibility index (Phi) is 3.45. The zero-order chi connectivity index (χ0) is 10.5. The predicted molar refractivity (Wildman–Crippen MR) is 58.9 cm³/mol. The monoisotopic (exact) mass is 204 g/mol. The highest BCUT2D eigenvalue weighted by molar-refractivity contribution is 5.95. The average molecular weight is 204 g/mol. The summed E-state index contributed by atoms with van der Waals surface area (Å²) < 4.78 is 0. The topological polar surface area (TPSA) is 33.2 Å². The Hall–Kier alpha value is -1.22. The lowest BCUT2D eigenvalue weighted by Gasteiger charge is -2.13. The number of likely N-dealkylation sites (tertiary alicyclic amines) is 1. The fourth-order valence-corrected chi connectivity index (χ4v) is 1.95. The van der Waals surface area contributed by atoms with Crippen LogP contribution in [0.2, 0.25) is 0 Å². The maximum Gasteiger partial charge on any atom is 0.164 e. The second-order valence-electron chi connectivity index (χ2n) is 3.96. The summed E-state index contributed by atoms with van der Waals surface area (Å²) in [4.78, 5) is 18.0. The number of carbonyl (C=O) groups excluding carboxylic acids is 1. The van der Waals surface area contributed by atoms with E-state index in [-0.39, 0.29) is 5.78 Å². The van der Waals surface area contributed by atoms with Gasteiger partial charge in [0.1, 0.15) is 0 Å². The van der Waals surface area contributed by atoms with E-state index in [2.05, 4.69) is 9.88 Å². The van der Waals surface area contributed by atoms with Gasteiger partial charge in [0.05, 0.1) is 0 Å². The lowest BCUT2D eigenvalue weighted by molar-refractivity contribution is 0.0969. The number of rotatable bonds is 4. The second kappa shape index (κ2) is 5.03. The van der Waals surface area contributed by atoms with Crippen LogP contribution in [0.4, 0.5) is 0 Å². The quantitative estimate of drug-likeness (QED) is 0.700. The minimum atomic E-state index is 0.226. The molecular formula is C12H16N2O. The smallest absolute Gasteiger partial charge is 0.164 e. The van der Waals surface area contributed by atoms with Crippen molar-refractivity contribution < 1.29 is 4.79 Å². The molecule has 0 spiro atoms. The van der Waals surface area contributed by atoms with Crippen LogP contribution >= 0.6 is 0 Å². The Balaban J connectivity index is 1.82. The number of ketones is 1. The van der Waals surface area contributed by atoms with Crippen molar-refractivity contribution >= 4 is 5.78 Å². The highest BCUT2D eigenvalue weighted by Crippen LogP contribution is 2.09. The summed E-state index contributed by atoms with van der Waals surface area (Å²) in [7, 11) is 0. The molecule has 0 aromatic carbocycles. The molecular weight excluding hydrogens is 188 g/mol. The molecule has 0 radical (unpaired) electrons. The fourth-order valence-electron chi connectivity index (χ4n) is 1.95. The van der Waals surface area contributed by atoms with Gasteiger partial charge in [-0.25, -0.2) is 0 Å². The van der Waals surface area contributed by atoms with Crippen molar-refractivity contribution in [3.63, 3.8) is 0 Å². The molecule has 1 saturated heterocycles. The summed E-state index contributed by atoms with van der Waals surface area (Å²) in [5.41, 5.74) is 0.782. The van der Waals surface area contributed by atoms with Gasteiger partial charge in [-0.15, -0.1) is 0 Å². The van der Waals surface area contributed by atoms with E-state index in [1.165, 1.54) is 12.8 Å². The van der Waals surface area contributed by atoms with Crippen LogP contribution < -0.4 is 0 Å². The standard InChI is InChI=1S/C12H16N2O/c15-12(11-3-6-13-7-4-11)5-10-14-8-1-2-9-14/h3-4,6-7H,1-2,5,8-10H2. The first-order valence-electron chi connectivity index (χ1n) is 5.52. The van der Waals surface area contributed by atoms with Crippen LogP contribution in [0.3, 0.4) is 0 Å². The summed E-state index contributed by atoms with van der Waals surface area (Å²) in [6.45, 7) is 3.22. The van der Waals surface area contributed by atoms with E-state index in [4.69, 9.17) is 0 Å². The van der Waals surface area contributed by atoms with E-state index in [9.17, 15) is 4.79 Å². The van der Waals surface area contributed by atoms with Crippen LogP contribution in [0, 0.1) is 0 Å². The number of pyridine rings is 1. The highest BCUT2D eigenvalue weighted by atomic mass is 16.1. The summed E-state index contributed by atoms with van der Waals surface area (Å²) in [6, 6.07) is 3.57. The zero-order valence-corrected chi connectivity index (χ0v) is 8.85. The first-order chi connectivity index (χ1) is 7.36. The predicted octanol–water partition coefficient (Wildman–Crippen LogP) is 1.75. The fraction of sp³-hybridized carbons (Fsp3) is 0.500. The Bertz CT molecular complexity index is 318. The molecule has 0 atom stereocenters. The summed E-state index contributed by atoms with van der Waals surface area (Å²) >= 11 is 0. The lowest BCUT2D eigenvalue weighted by Crippen LogP contribution is -2.22. The average Bonchev–Trinajstić information content (AvgIpc) is 2.80. The van der Waals surface area contributed by atoms with Crippen LogP contribution in [0.1, 0.15) is 29.6 Å². The van der Waals surface area contributed by atoms with Gasteiger partial charge in [-0.3, -0.25) is 9.78 Å². The van der Waals surface area contributed by atoms with Crippen molar-refractivity contribution in [3.8, 4) is 0 Å². The van der Waals surface area contributed by atoms with Crippen molar-refractivity contribution in [1.82, 2.24) is 9.88 Å². The molecule has 1 fully saturated rings. The van der Waals surface area contributed by atoms with Gasteiger partial charge in [-0.2, -0.15) is 0 Å². The second-order valence-corrected chi connectivity index (χ2v) is 3.96. The van der Waals surface area contributed by atoms with E-state index in [1.54, 1.807) is 24.5 Å². The van der Waals surface area contributed by atoms with Crippen molar-refractivity contribution in [1.29, 1.82) is 0 Å². The molecule has 1 aliphatic heterocycles. The summed E-state index contributed by atoms with van der Waals surface area (Å²) in [5, 5.41) is 0. The molecule has 0 saturated carbocycles. The van der Waals surface area contributed by atoms with Gasteiger partial charge in [-0.05, 0) is 38.1 Å². The lowest BCUT2D eigenvalue weighted by atomic mass is 10.1. The Morgan fingerprint density at radius 2 is 1.93 bits per heavy atom. The van der Waals surface area contributed by atoms with E-state index < -0.39 is 0 Å². The molecule has 0 aliphatic carbocycles. The number of hydrogen-bond acceptors (Lipinski definition) is 3. The van der Waals surface area contributed by atoms with E-state index in [0.29, 0.717) is 6.42 Å². The van der Waals surface area contributed by atoms with Crippen LogP contribution in [0.15, 0.2) is 24.5 Å². The molecule has 1 aromatic heterocycles. The molecule has 1 aromatic rings. The first-order valence-corrected chi connectivity index (χ1v) is 5.52. The number of carbonyl (C=O) groups is 1. The van der Waals surface area contributed by atoms with Gasteiger partial charge in [-0.1, -0.05) is 0 Å². The van der Waals surface area contributed by atoms with Gasteiger partial charge >= 0.3 is 0 Å². The number of hydrogen-bond donors (Lipinski definition) is 0. The molecule has 3 nitrogen and oxygen atoms in total. The normalized spacial score (nSPS) is 16.8. The maximum absolute atomic E-state index is 11.7. The van der Waals surface area contributed by atoms with Crippen LogP contribution in [0.5, 0.6) is 0 Å².